The Labute approximate surface area is 150 Å². The third kappa shape index (κ3) is 4.17. The lowest BCUT2D eigenvalue weighted by Crippen LogP contribution is -2.39. The van der Waals surface area contributed by atoms with Gasteiger partial charge in [-0.15, -0.1) is 11.3 Å². The molecule has 1 fully saturated rings. The van der Waals surface area contributed by atoms with Crippen LogP contribution in [0.25, 0.3) is 10.6 Å². The Morgan fingerprint density at radius 3 is 2.56 bits per heavy atom. The van der Waals surface area contributed by atoms with Gasteiger partial charge in [-0.25, -0.2) is 4.98 Å². The van der Waals surface area contributed by atoms with Crippen LogP contribution in [0.5, 0.6) is 5.75 Å². The van der Waals surface area contributed by atoms with Crippen molar-refractivity contribution in [3.63, 3.8) is 0 Å². The largest absolute Gasteiger partial charge is 0.497 e. The van der Waals surface area contributed by atoms with Crippen molar-refractivity contribution >= 4 is 23.2 Å². The number of thiazole rings is 1. The van der Waals surface area contributed by atoms with Crippen LogP contribution in [-0.2, 0) is 4.79 Å². The van der Waals surface area contributed by atoms with E-state index in [0.717, 1.165) is 29.2 Å². The number of carboxylic acid groups (broad SMARTS) is 1. The first-order valence-electron chi connectivity index (χ1n) is 8.18. The van der Waals surface area contributed by atoms with Crippen molar-refractivity contribution in [2.24, 2.45) is 5.92 Å². The quantitative estimate of drug-likeness (QED) is 0.886. The SMILES string of the molecule is COc1ccc(-c2nc(C(=O)N3CCC(CC(=O)O)CC3)cs2)cc1. The minimum Gasteiger partial charge on any atom is -0.497 e. The molecule has 0 spiro atoms. The zero-order chi connectivity index (χ0) is 17.8. The second kappa shape index (κ2) is 7.65. The zero-order valence-corrected chi connectivity index (χ0v) is 14.8. The number of likely N-dealkylation sites (tertiary alicyclic amines) is 1. The Kier molecular flexibility index (Phi) is 5.33. The molecule has 1 aromatic heterocycles. The predicted octanol–water partition coefficient (Wildman–Crippen LogP) is 3.15. The van der Waals surface area contributed by atoms with E-state index < -0.39 is 5.97 Å². The number of carboxylic acids is 1. The molecule has 1 saturated heterocycles. The number of carbonyl (C=O) groups excluding carboxylic acids is 1. The van der Waals surface area contributed by atoms with E-state index in [4.69, 9.17) is 9.84 Å². The summed E-state index contributed by atoms with van der Waals surface area (Å²) in [6, 6.07) is 7.57. The maximum atomic E-state index is 12.6. The number of aromatic nitrogens is 1. The highest BCUT2D eigenvalue weighted by Crippen LogP contribution is 2.27. The van der Waals surface area contributed by atoms with Crippen LogP contribution in [0.3, 0.4) is 0 Å². The summed E-state index contributed by atoms with van der Waals surface area (Å²) in [5.74, 6) is 0.0888. The Morgan fingerprint density at radius 2 is 1.96 bits per heavy atom. The summed E-state index contributed by atoms with van der Waals surface area (Å²) in [6.07, 6.45) is 1.64. The molecule has 7 heteroatoms. The number of hydrogen-bond donors (Lipinski definition) is 1. The first kappa shape index (κ1) is 17.4. The van der Waals surface area contributed by atoms with E-state index in [2.05, 4.69) is 4.98 Å². The van der Waals surface area contributed by atoms with Crippen LogP contribution in [0.1, 0.15) is 29.8 Å². The van der Waals surface area contributed by atoms with Crippen molar-refractivity contribution in [1.29, 1.82) is 0 Å². The van der Waals surface area contributed by atoms with Gasteiger partial charge in [-0.1, -0.05) is 0 Å². The van der Waals surface area contributed by atoms with Gasteiger partial charge in [0.2, 0.25) is 0 Å². The number of aliphatic carboxylic acids is 1. The Hall–Kier alpha value is -2.41. The molecule has 25 heavy (non-hydrogen) atoms. The molecule has 1 aromatic carbocycles. The topological polar surface area (TPSA) is 79.7 Å². The van der Waals surface area contributed by atoms with Crippen molar-refractivity contribution in [3.05, 3.63) is 35.3 Å². The van der Waals surface area contributed by atoms with Gasteiger partial charge in [-0.2, -0.15) is 0 Å². The average Bonchev–Trinajstić information content (AvgIpc) is 3.11. The minimum absolute atomic E-state index is 0.0789. The van der Waals surface area contributed by atoms with Gasteiger partial charge < -0.3 is 14.7 Å². The first-order valence-corrected chi connectivity index (χ1v) is 9.06. The molecule has 3 rings (SSSR count). The second-order valence-corrected chi connectivity index (χ2v) is 6.96. The molecule has 0 aliphatic carbocycles. The van der Waals surface area contributed by atoms with Gasteiger partial charge in [-0.3, -0.25) is 9.59 Å². The summed E-state index contributed by atoms with van der Waals surface area (Å²) in [7, 11) is 1.62. The van der Waals surface area contributed by atoms with Crippen molar-refractivity contribution in [1.82, 2.24) is 9.88 Å². The molecule has 0 bridgehead atoms. The van der Waals surface area contributed by atoms with Crippen LogP contribution in [0.2, 0.25) is 0 Å². The molecule has 0 radical (unpaired) electrons. The highest BCUT2D eigenvalue weighted by Gasteiger charge is 2.26. The highest BCUT2D eigenvalue weighted by molar-refractivity contribution is 7.13. The normalized spacial score (nSPS) is 15.2. The minimum atomic E-state index is -0.770. The fourth-order valence-electron chi connectivity index (χ4n) is 2.99. The average molecular weight is 360 g/mol. The number of carbonyl (C=O) groups is 2. The van der Waals surface area contributed by atoms with E-state index in [-0.39, 0.29) is 18.2 Å². The first-order chi connectivity index (χ1) is 12.1. The second-order valence-electron chi connectivity index (χ2n) is 6.10. The van der Waals surface area contributed by atoms with Gasteiger partial charge in [0.25, 0.3) is 5.91 Å². The fourth-order valence-corrected chi connectivity index (χ4v) is 3.79. The van der Waals surface area contributed by atoms with E-state index in [1.807, 2.05) is 24.3 Å². The summed E-state index contributed by atoms with van der Waals surface area (Å²) in [5.41, 5.74) is 1.40. The lowest BCUT2D eigenvalue weighted by Gasteiger charge is -2.30. The smallest absolute Gasteiger partial charge is 0.303 e. The number of methoxy groups -OCH3 is 1. The molecule has 1 aliphatic heterocycles. The Bertz CT molecular complexity index is 749. The van der Waals surface area contributed by atoms with Crippen LogP contribution in [-0.4, -0.2) is 47.1 Å². The van der Waals surface area contributed by atoms with Gasteiger partial charge >= 0.3 is 5.97 Å². The number of ether oxygens (including phenoxy) is 1. The summed E-state index contributed by atoms with van der Waals surface area (Å²) >= 11 is 1.44. The number of rotatable bonds is 5. The lowest BCUT2D eigenvalue weighted by molar-refractivity contribution is -0.138. The van der Waals surface area contributed by atoms with E-state index in [9.17, 15) is 9.59 Å². The fraction of sp³-hybridized carbons (Fsp3) is 0.389. The number of nitrogens with zero attached hydrogens (tertiary/aromatic N) is 2. The van der Waals surface area contributed by atoms with Crippen LogP contribution >= 0.6 is 11.3 Å². The molecule has 0 unspecified atom stereocenters. The van der Waals surface area contributed by atoms with Crippen LogP contribution in [0.4, 0.5) is 0 Å². The molecule has 0 saturated carbocycles. The molecule has 0 atom stereocenters. The number of benzene rings is 1. The lowest BCUT2D eigenvalue weighted by atomic mass is 9.93. The van der Waals surface area contributed by atoms with Crippen molar-refractivity contribution in [2.45, 2.75) is 19.3 Å². The van der Waals surface area contributed by atoms with Crippen LogP contribution in [0.15, 0.2) is 29.6 Å². The number of piperidine rings is 1. The van der Waals surface area contributed by atoms with Gasteiger partial charge in [-0.05, 0) is 43.0 Å². The maximum absolute atomic E-state index is 12.6. The van der Waals surface area contributed by atoms with E-state index in [1.165, 1.54) is 11.3 Å². The third-order valence-corrected chi connectivity index (χ3v) is 5.32. The molecule has 2 heterocycles. The summed E-state index contributed by atoms with van der Waals surface area (Å²) in [4.78, 5) is 29.6. The maximum Gasteiger partial charge on any atom is 0.303 e. The monoisotopic (exact) mass is 360 g/mol. The van der Waals surface area contributed by atoms with Crippen LogP contribution in [0, 0.1) is 5.92 Å². The van der Waals surface area contributed by atoms with E-state index >= 15 is 0 Å². The molecule has 6 nitrogen and oxygen atoms in total. The molecular weight excluding hydrogens is 340 g/mol. The van der Waals surface area contributed by atoms with Gasteiger partial charge in [0.05, 0.1) is 7.11 Å². The standard InChI is InChI=1S/C18H20N2O4S/c1-24-14-4-2-13(3-5-14)17-19-15(11-25-17)18(23)20-8-6-12(7-9-20)10-16(21)22/h2-5,11-12H,6-10H2,1H3,(H,21,22). The highest BCUT2D eigenvalue weighted by atomic mass is 32.1. The third-order valence-electron chi connectivity index (χ3n) is 4.43. The van der Waals surface area contributed by atoms with Crippen molar-refractivity contribution < 1.29 is 19.4 Å². The molecule has 1 amide bonds. The Balaban J connectivity index is 1.64. The van der Waals surface area contributed by atoms with E-state index in [0.29, 0.717) is 18.8 Å². The summed E-state index contributed by atoms with van der Waals surface area (Å²) < 4.78 is 5.15. The number of amides is 1. The summed E-state index contributed by atoms with van der Waals surface area (Å²) in [6.45, 7) is 1.18. The molecular formula is C18H20N2O4S. The van der Waals surface area contributed by atoms with Gasteiger partial charge in [0, 0.05) is 30.5 Å². The molecule has 2 aromatic rings. The zero-order valence-electron chi connectivity index (χ0n) is 14.0. The molecule has 1 N–H and O–H groups in total. The molecule has 1 aliphatic rings. The van der Waals surface area contributed by atoms with Crippen LogP contribution < -0.4 is 4.74 Å². The van der Waals surface area contributed by atoms with Crippen molar-refractivity contribution in [2.75, 3.05) is 20.2 Å². The Morgan fingerprint density at radius 1 is 1.28 bits per heavy atom. The molecule has 132 valence electrons. The predicted molar refractivity (Wildman–Crippen MR) is 95.0 cm³/mol. The summed E-state index contributed by atoms with van der Waals surface area (Å²) in [5, 5.41) is 11.4. The van der Waals surface area contributed by atoms with Gasteiger partial charge in [0.15, 0.2) is 0 Å². The number of hydrogen-bond acceptors (Lipinski definition) is 5. The van der Waals surface area contributed by atoms with Gasteiger partial charge in [0.1, 0.15) is 16.5 Å². The van der Waals surface area contributed by atoms with Crippen molar-refractivity contribution in [3.8, 4) is 16.3 Å². The van der Waals surface area contributed by atoms with E-state index in [1.54, 1.807) is 17.4 Å².